The van der Waals surface area contributed by atoms with E-state index in [4.69, 9.17) is 9.15 Å². The highest BCUT2D eigenvalue weighted by Crippen LogP contribution is 2.17. The van der Waals surface area contributed by atoms with Crippen molar-refractivity contribution in [2.24, 2.45) is 0 Å². The highest BCUT2D eigenvalue weighted by Gasteiger charge is 2.12. The van der Waals surface area contributed by atoms with E-state index in [1.165, 1.54) is 4.57 Å². The van der Waals surface area contributed by atoms with Gasteiger partial charge in [-0.15, -0.1) is 0 Å². The summed E-state index contributed by atoms with van der Waals surface area (Å²) < 4.78 is 11.6. The second kappa shape index (κ2) is 6.31. The number of carbonyl (C=O) groups is 2. The lowest BCUT2D eigenvalue weighted by Gasteiger charge is -2.06. The molecule has 0 radical (unpaired) electrons. The van der Waals surface area contributed by atoms with Gasteiger partial charge in [-0.05, 0) is 24.3 Å². The molecule has 1 heterocycles. The summed E-state index contributed by atoms with van der Waals surface area (Å²) in [5.41, 5.74) is 1.39. The number of esters is 1. The van der Waals surface area contributed by atoms with Crippen molar-refractivity contribution in [3.63, 3.8) is 0 Å². The van der Waals surface area contributed by atoms with Crippen LogP contribution in [0.1, 0.15) is 16.8 Å². The van der Waals surface area contributed by atoms with E-state index in [0.717, 1.165) is 0 Å². The summed E-state index contributed by atoms with van der Waals surface area (Å²) in [5, 5.41) is 0. The highest BCUT2D eigenvalue weighted by molar-refractivity contribution is 5.82. The molecule has 3 aromatic rings. The molecule has 0 bridgehead atoms. The first kappa shape index (κ1) is 14.8. The molecule has 0 saturated carbocycles. The van der Waals surface area contributed by atoms with Gasteiger partial charge in [0.25, 0.3) is 0 Å². The molecule has 0 aliphatic heterocycles. The zero-order valence-corrected chi connectivity index (χ0v) is 12.1. The van der Waals surface area contributed by atoms with Gasteiger partial charge in [0.2, 0.25) is 0 Å². The maximum absolute atomic E-state index is 11.9. The molecule has 6 nitrogen and oxygen atoms in total. The number of benzene rings is 2. The fourth-order valence-electron chi connectivity index (χ4n) is 2.27. The van der Waals surface area contributed by atoms with E-state index < -0.39 is 11.7 Å². The molecule has 23 heavy (non-hydrogen) atoms. The maximum Gasteiger partial charge on any atom is 0.419 e. The zero-order chi connectivity index (χ0) is 16.2. The number of para-hydroxylation sites is 3. The minimum atomic E-state index is -0.531. The van der Waals surface area contributed by atoms with E-state index in [1.807, 2.05) is 0 Å². The Hall–Kier alpha value is -3.15. The third-order valence-corrected chi connectivity index (χ3v) is 3.38. The summed E-state index contributed by atoms with van der Waals surface area (Å²) in [4.78, 5) is 34.6. The Morgan fingerprint density at radius 2 is 1.87 bits per heavy atom. The third-order valence-electron chi connectivity index (χ3n) is 3.38. The zero-order valence-electron chi connectivity index (χ0n) is 12.1. The molecular weight excluding hydrogens is 298 g/mol. The van der Waals surface area contributed by atoms with Gasteiger partial charge in [0.05, 0.1) is 17.5 Å². The number of aromatic nitrogens is 1. The van der Waals surface area contributed by atoms with Crippen LogP contribution in [0.15, 0.2) is 57.7 Å². The molecule has 0 unspecified atom stereocenters. The van der Waals surface area contributed by atoms with E-state index in [1.54, 1.807) is 48.5 Å². The number of carbonyl (C=O) groups excluding carboxylic acids is 2. The van der Waals surface area contributed by atoms with Crippen molar-refractivity contribution in [2.75, 3.05) is 0 Å². The number of rotatable bonds is 5. The Morgan fingerprint density at radius 1 is 1.13 bits per heavy atom. The lowest BCUT2D eigenvalue weighted by atomic mass is 10.2. The molecule has 0 atom stereocenters. The van der Waals surface area contributed by atoms with Crippen LogP contribution in [-0.2, 0) is 11.3 Å². The maximum atomic E-state index is 11.9. The van der Waals surface area contributed by atoms with Crippen LogP contribution < -0.4 is 10.5 Å². The first-order valence-electron chi connectivity index (χ1n) is 7.02. The van der Waals surface area contributed by atoms with Crippen molar-refractivity contribution in [1.82, 2.24) is 4.57 Å². The van der Waals surface area contributed by atoms with Gasteiger partial charge in [0.1, 0.15) is 5.75 Å². The van der Waals surface area contributed by atoms with Gasteiger partial charge in [0, 0.05) is 6.54 Å². The molecule has 0 spiro atoms. The average molecular weight is 311 g/mol. The van der Waals surface area contributed by atoms with Crippen molar-refractivity contribution in [3.05, 3.63) is 64.6 Å². The van der Waals surface area contributed by atoms with E-state index in [-0.39, 0.29) is 18.7 Å². The first-order chi connectivity index (χ1) is 11.2. The van der Waals surface area contributed by atoms with Crippen molar-refractivity contribution >= 4 is 23.4 Å². The van der Waals surface area contributed by atoms with Crippen LogP contribution >= 0.6 is 0 Å². The number of aldehydes is 1. The van der Waals surface area contributed by atoms with Crippen LogP contribution in [0.25, 0.3) is 11.1 Å². The number of aryl methyl sites for hydroxylation is 1. The quantitative estimate of drug-likeness (QED) is 0.411. The Bertz CT molecular complexity index is 922. The Balaban J connectivity index is 1.72. The topological polar surface area (TPSA) is 78.5 Å². The second-order valence-electron chi connectivity index (χ2n) is 4.87. The molecule has 0 aliphatic carbocycles. The van der Waals surface area contributed by atoms with Gasteiger partial charge in [0.15, 0.2) is 11.9 Å². The van der Waals surface area contributed by atoms with Crippen LogP contribution in [0, 0.1) is 0 Å². The van der Waals surface area contributed by atoms with E-state index in [9.17, 15) is 14.4 Å². The van der Waals surface area contributed by atoms with Crippen molar-refractivity contribution in [2.45, 2.75) is 13.0 Å². The summed E-state index contributed by atoms with van der Waals surface area (Å²) in [5.74, 6) is -0.847. The van der Waals surface area contributed by atoms with Gasteiger partial charge < -0.3 is 9.15 Å². The largest absolute Gasteiger partial charge is 0.426 e. The molecule has 0 aliphatic rings. The van der Waals surface area contributed by atoms with Crippen LogP contribution in [-0.4, -0.2) is 16.8 Å². The summed E-state index contributed by atoms with van der Waals surface area (Å²) in [6.45, 7) is 0.137. The summed E-state index contributed by atoms with van der Waals surface area (Å²) >= 11 is 0. The van der Waals surface area contributed by atoms with Crippen LogP contribution in [0.5, 0.6) is 5.75 Å². The lowest BCUT2D eigenvalue weighted by Crippen LogP contribution is -2.18. The number of fused-ring (bicyclic) bond motifs is 1. The van der Waals surface area contributed by atoms with E-state index in [2.05, 4.69) is 0 Å². The van der Waals surface area contributed by atoms with Gasteiger partial charge in [-0.25, -0.2) is 4.79 Å². The smallest absolute Gasteiger partial charge is 0.419 e. The van der Waals surface area contributed by atoms with Crippen molar-refractivity contribution in [1.29, 1.82) is 0 Å². The van der Waals surface area contributed by atoms with Gasteiger partial charge >= 0.3 is 11.7 Å². The van der Waals surface area contributed by atoms with Crippen molar-refractivity contribution < 1.29 is 18.7 Å². The predicted octanol–water partition coefficient (Wildman–Crippen LogP) is 2.40. The van der Waals surface area contributed by atoms with Gasteiger partial charge in [-0.2, -0.15) is 0 Å². The first-order valence-corrected chi connectivity index (χ1v) is 7.02. The van der Waals surface area contributed by atoms with Crippen LogP contribution in [0.3, 0.4) is 0 Å². The standard InChI is InChI=1S/C17H13NO5/c19-11-12-5-1-3-7-14(12)22-16(20)9-10-18-13-6-2-4-8-15(13)23-17(18)21/h1-8,11H,9-10H2. The molecule has 2 aromatic carbocycles. The molecular formula is C17H13NO5. The SMILES string of the molecule is O=Cc1ccccc1OC(=O)CCn1c(=O)oc2ccccc21. The Labute approximate surface area is 130 Å². The monoisotopic (exact) mass is 311 g/mol. The normalized spacial score (nSPS) is 10.6. The molecule has 0 fully saturated rings. The third kappa shape index (κ3) is 3.06. The van der Waals surface area contributed by atoms with Crippen LogP contribution in [0.4, 0.5) is 0 Å². The minimum absolute atomic E-state index is 0.0172. The number of hydrogen-bond donors (Lipinski definition) is 0. The molecule has 1 aromatic heterocycles. The number of oxazole rings is 1. The number of hydrogen-bond acceptors (Lipinski definition) is 5. The fraction of sp³-hybridized carbons (Fsp3) is 0.118. The van der Waals surface area contributed by atoms with Gasteiger partial charge in [-0.3, -0.25) is 14.2 Å². The highest BCUT2D eigenvalue weighted by atomic mass is 16.5. The molecule has 0 saturated heterocycles. The molecule has 0 N–H and O–H groups in total. The molecule has 6 heteroatoms. The minimum Gasteiger partial charge on any atom is -0.426 e. The molecule has 116 valence electrons. The molecule has 0 amide bonds. The van der Waals surface area contributed by atoms with E-state index in [0.29, 0.717) is 22.9 Å². The van der Waals surface area contributed by atoms with Crippen LogP contribution in [0.2, 0.25) is 0 Å². The second-order valence-corrected chi connectivity index (χ2v) is 4.87. The van der Waals surface area contributed by atoms with E-state index >= 15 is 0 Å². The number of nitrogens with zero attached hydrogens (tertiary/aromatic N) is 1. The summed E-state index contributed by atoms with van der Waals surface area (Å²) in [6, 6.07) is 13.4. The predicted molar refractivity (Wildman–Crippen MR) is 82.6 cm³/mol. The number of ether oxygens (including phenoxy) is 1. The van der Waals surface area contributed by atoms with Crippen molar-refractivity contribution in [3.8, 4) is 5.75 Å². The summed E-state index contributed by atoms with van der Waals surface area (Å²) in [6.07, 6.45) is 0.604. The average Bonchev–Trinajstić information content (AvgIpc) is 2.88. The summed E-state index contributed by atoms with van der Waals surface area (Å²) in [7, 11) is 0. The van der Waals surface area contributed by atoms with Gasteiger partial charge in [-0.1, -0.05) is 24.3 Å². The lowest BCUT2D eigenvalue weighted by molar-refractivity contribution is -0.134. The Kier molecular flexibility index (Phi) is 4.05. The molecule has 3 rings (SSSR count). The Morgan fingerprint density at radius 3 is 2.70 bits per heavy atom. The fourth-order valence-corrected chi connectivity index (χ4v) is 2.27.